The normalized spacial score (nSPS) is 16.7. The minimum atomic E-state index is -4.09. The lowest BCUT2D eigenvalue weighted by Crippen LogP contribution is -2.45. The maximum Gasteiger partial charge on any atom is 0.264 e. The van der Waals surface area contributed by atoms with E-state index in [-0.39, 0.29) is 26.7 Å². The molecule has 0 radical (unpaired) electrons. The average molecular weight is 533 g/mol. The van der Waals surface area contributed by atoms with Gasteiger partial charge in [-0.1, -0.05) is 59.1 Å². The van der Waals surface area contributed by atoms with Crippen LogP contribution in [0.3, 0.4) is 0 Å². The van der Waals surface area contributed by atoms with Crippen molar-refractivity contribution in [2.45, 2.75) is 43.7 Å². The minimum absolute atomic E-state index is 0.0598. The molecule has 3 aromatic rings. The Bertz CT molecular complexity index is 1340. The van der Waals surface area contributed by atoms with Crippen LogP contribution in [0.4, 0.5) is 5.69 Å². The number of benzene rings is 3. The summed E-state index contributed by atoms with van der Waals surface area (Å²) in [6.45, 7) is 5.31. The van der Waals surface area contributed by atoms with E-state index < -0.39 is 28.1 Å². The van der Waals surface area contributed by atoms with E-state index in [1.54, 1.807) is 12.1 Å². The molecule has 3 aromatic carbocycles. The van der Waals surface area contributed by atoms with E-state index in [1.165, 1.54) is 30.3 Å². The number of ether oxygens (including phenoxy) is 1. The first-order valence-corrected chi connectivity index (χ1v) is 13.3. The number of nitrogens with one attached hydrogen (secondary N) is 1. The summed E-state index contributed by atoms with van der Waals surface area (Å²) in [5.74, 6) is 0.231. The molecule has 0 saturated carbocycles. The first kappa shape index (κ1) is 25.4. The third kappa shape index (κ3) is 5.74. The molecule has 4 rings (SSSR count). The lowest BCUT2D eigenvalue weighted by molar-refractivity contribution is -0.120. The number of amides is 1. The summed E-state index contributed by atoms with van der Waals surface area (Å²) in [4.78, 5) is 13.4. The fourth-order valence-electron chi connectivity index (χ4n) is 4.14. The molecular weight excluding hydrogens is 507 g/mol. The fraction of sp³-hybridized carbons (Fsp3) is 0.269. The third-order valence-corrected chi connectivity index (χ3v) is 7.97. The van der Waals surface area contributed by atoms with Gasteiger partial charge < -0.3 is 10.1 Å². The molecule has 0 aliphatic carbocycles. The zero-order valence-electron chi connectivity index (χ0n) is 19.6. The van der Waals surface area contributed by atoms with Crippen LogP contribution in [0.2, 0.25) is 10.0 Å². The quantitative estimate of drug-likeness (QED) is 0.427. The average Bonchev–Trinajstić information content (AvgIpc) is 2.76. The van der Waals surface area contributed by atoms with Gasteiger partial charge in [0.2, 0.25) is 5.91 Å². The lowest BCUT2D eigenvalue weighted by atomic mass is 9.89. The van der Waals surface area contributed by atoms with Crippen LogP contribution in [-0.2, 0) is 14.8 Å². The Morgan fingerprint density at radius 3 is 2.34 bits per heavy atom. The van der Waals surface area contributed by atoms with Gasteiger partial charge in [-0.05, 0) is 57.2 Å². The number of para-hydroxylation sites is 1. The predicted molar refractivity (Wildman–Crippen MR) is 139 cm³/mol. The van der Waals surface area contributed by atoms with E-state index in [4.69, 9.17) is 27.9 Å². The van der Waals surface area contributed by atoms with Crippen LogP contribution < -0.4 is 14.4 Å². The SMILES string of the molecule is Cc1ccc(S(=O)(=O)N(CC(=O)NC2CC(C)(C)Oc3ccccc32)c2cc(Cl)cc(Cl)c2)cc1. The molecule has 1 atom stereocenters. The molecule has 0 bridgehead atoms. The van der Waals surface area contributed by atoms with E-state index >= 15 is 0 Å². The Labute approximate surface area is 215 Å². The predicted octanol–water partition coefficient (Wildman–Crippen LogP) is 5.92. The van der Waals surface area contributed by atoms with Crippen LogP contribution in [0.5, 0.6) is 5.75 Å². The summed E-state index contributed by atoms with van der Waals surface area (Å²) < 4.78 is 34.3. The molecule has 1 amide bonds. The third-order valence-electron chi connectivity index (χ3n) is 5.74. The van der Waals surface area contributed by atoms with E-state index in [2.05, 4.69) is 5.32 Å². The van der Waals surface area contributed by atoms with Crippen molar-refractivity contribution in [1.82, 2.24) is 5.32 Å². The van der Waals surface area contributed by atoms with Gasteiger partial charge in [0.05, 0.1) is 16.6 Å². The molecule has 184 valence electrons. The molecule has 0 aromatic heterocycles. The van der Waals surface area contributed by atoms with Crippen LogP contribution in [0.15, 0.2) is 71.6 Å². The van der Waals surface area contributed by atoms with Gasteiger partial charge in [-0.15, -0.1) is 0 Å². The number of anilines is 1. The molecule has 1 unspecified atom stereocenters. The highest BCUT2D eigenvalue weighted by molar-refractivity contribution is 7.92. The topological polar surface area (TPSA) is 75.7 Å². The molecule has 0 spiro atoms. The van der Waals surface area contributed by atoms with E-state index in [0.717, 1.165) is 15.4 Å². The van der Waals surface area contributed by atoms with E-state index in [1.807, 2.05) is 45.0 Å². The van der Waals surface area contributed by atoms with Gasteiger partial charge in [0, 0.05) is 22.0 Å². The van der Waals surface area contributed by atoms with Crippen LogP contribution in [0.25, 0.3) is 0 Å². The number of nitrogens with zero attached hydrogens (tertiary/aromatic N) is 1. The number of sulfonamides is 1. The van der Waals surface area contributed by atoms with Crippen molar-refractivity contribution in [1.29, 1.82) is 0 Å². The second kappa shape index (κ2) is 9.72. The monoisotopic (exact) mass is 532 g/mol. The molecule has 1 N–H and O–H groups in total. The summed E-state index contributed by atoms with van der Waals surface area (Å²) in [5, 5.41) is 3.52. The summed E-state index contributed by atoms with van der Waals surface area (Å²) >= 11 is 12.3. The van der Waals surface area contributed by atoms with Crippen LogP contribution in [0, 0.1) is 6.92 Å². The fourth-order valence-corrected chi connectivity index (χ4v) is 6.06. The largest absolute Gasteiger partial charge is 0.487 e. The van der Waals surface area contributed by atoms with Crippen molar-refractivity contribution in [2.75, 3.05) is 10.8 Å². The number of carbonyl (C=O) groups excluding carboxylic acids is 1. The summed E-state index contributed by atoms with van der Waals surface area (Å²) in [6, 6.07) is 18.0. The lowest BCUT2D eigenvalue weighted by Gasteiger charge is -2.38. The molecule has 0 fully saturated rings. The van der Waals surface area contributed by atoms with E-state index in [0.29, 0.717) is 12.2 Å². The molecule has 0 saturated heterocycles. The van der Waals surface area contributed by atoms with Crippen molar-refractivity contribution in [3.05, 3.63) is 87.9 Å². The Hall–Kier alpha value is -2.74. The summed E-state index contributed by atoms with van der Waals surface area (Å²) in [7, 11) is -4.09. The van der Waals surface area contributed by atoms with Gasteiger partial charge in [0.15, 0.2) is 0 Å². The summed E-state index contributed by atoms with van der Waals surface area (Å²) in [5.41, 5.74) is 1.46. The molecule has 1 aliphatic heterocycles. The van der Waals surface area contributed by atoms with Crippen LogP contribution >= 0.6 is 23.2 Å². The first-order chi connectivity index (χ1) is 16.4. The van der Waals surface area contributed by atoms with Gasteiger partial charge in [0.1, 0.15) is 17.9 Å². The molecular formula is C26H26Cl2N2O4S. The first-order valence-electron chi connectivity index (χ1n) is 11.1. The molecule has 9 heteroatoms. The zero-order chi connectivity index (χ0) is 25.4. The Balaban J connectivity index is 1.67. The second-order valence-corrected chi connectivity index (χ2v) is 11.9. The number of carbonyl (C=O) groups is 1. The highest BCUT2D eigenvalue weighted by Gasteiger charge is 2.35. The maximum atomic E-state index is 13.6. The highest BCUT2D eigenvalue weighted by atomic mass is 35.5. The minimum Gasteiger partial charge on any atom is -0.487 e. The Kier molecular flexibility index (Phi) is 7.04. The number of fused-ring (bicyclic) bond motifs is 1. The van der Waals surface area contributed by atoms with Crippen molar-refractivity contribution in [3.63, 3.8) is 0 Å². The smallest absolute Gasteiger partial charge is 0.264 e. The van der Waals surface area contributed by atoms with Gasteiger partial charge in [-0.2, -0.15) is 0 Å². The Morgan fingerprint density at radius 2 is 1.69 bits per heavy atom. The number of hydrogen-bond donors (Lipinski definition) is 1. The van der Waals surface area contributed by atoms with Crippen LogP contribution in [0.1, 0.15) is 37.4 Å². The highest BCUT2D eigenvalue weighted by Crippen LogP contribution is 2.39. The zero-order valence-corrected chi connectivity index (χ0v) is 21.9. The number of aryl methyl sites for hydroxylation is 1. The van der Waals surface area contributed by atoms with Gasteiger partial charge in [-0.25, -0.2) is 8.42 Å². The number of hydrogen-bond acceptors (Lipinski definition) is 4. The van der Waals surface area contributed by atoms with Crippen molar-refractivity contribution in [3.8, 4) is 5.75 Å². The van der Waals surface area contributed by atoms with Crippen LogP contribution in [-0.4, -0.2) is 26.5 Å². The van der Waals surface area contributed by atoms with Gasteiger partial charge in [-0.3, -0.25) is 9.10 Å². The van der Waals surface area contributed by atoms with E-state index in [9.17, 15) is 13.2 Å². The second-order valence-electron chi connectivity index (χ2n) is 9.18. The maximum absolute atomic E-state index is 13.6. The van der Waals surface area contributed by atoms with Crippen molar-refractivity contribution < 1.29 is 17.9 Å². The Morgan fingerprint density at radius 1 is 1.06 bits per heavy atom. The molecule has 1 aliphatic rings. The van der Waals surface area contributed by atoms with Gasteiger partial charge >= 0.3 is 0 Å². The molecule has 1 heterocycles. The number of rotatable bonds is 6. The molecule has 35 heavy (non-hydrogen) atoms. The van der Waals surface area contributed by atoms with Gasteiger partial charge in [0.25, 0.3) is 10.0 Å². The van der Waals surface area contributed by atoms with Crippen molar-refractivity contribution in [2.24, 2.45) is 0 Å². The molecule has 6 nitrogen and oxygen atoms in total. The standard InChI is InChI=1S/C26H26Cl2N2O4S/c1-17-8-10-21(11-9-17)35(32,33)30(20-13-18(27)12-19(28)14-20)16-25(31)29-23-15-26(2,3)34-24-7-5-4-6-22(23)24/h4-14,23H,15-16H2,1-3H3,(H,29,31). The number of halogens is 2. The summed E-state index contributed by atoms with van der Waals surface area (Å²) in [6.07, 6.45) is 0.531. The van der Waals surface area contributed by atoms with Crippen molar-refractivity contribution >= 4 is 44.8 Å².